The van der Waals surface area contributed by atoms with Gasteiger partial charge in [0.25, 0.3) is 0 Å². The summed E-state index contributed by atoms with van der Waals surface area (Å²) in [7, 11) is 1.67. The quantitative estimate of drug-likeness (QED) is 0.722. The van der Waals surface area contributed by atoms with Crippen LogP contribution < -0.4 is 15.4 Å². The third-order valence-corrected chi connectivity index (χ3v) is 5.16. The molecular weight excluding hydrogens is 364 g/mol. The third kappa shape index (κ3) is 4.49. The summed E-state index contributed by atoms with van der Waals surface area (Å²) in [5.41, 5.74) is 7.33. The van der Waals surface area contributed by atoms with Gasteiger partial charge in [-0.05, 0) is 35.7 Å². The van der Waals surface area contributed by atoms with Crippen molar-refractivity contribution in [1.29, 1.82) is 0 Å². The number of carbonyl (C=O) groups excluding carboxylic acids is 1. The highest BCUT2D eigenvalue weighted by molar-refractivity contribution is 5.95. The fourth-order valence-corrected chi connectivity index (χ4v) is 3.67. The van der Waals surface area contributed by atoms with Crippen LogP contribution in [-0.4, -0.2) is 55.6 Å². The van der Waals surface area contributed by atoms with Crippen LogP contribution in [0.15, 0.2) is 54.6 Å². The van der Waals surface area contributed by atoms with Gasteiger partial charge in [0.2, 0.25) is 5.91 Å². The molecule has 4 rings (SSSR count). The highest BCUT2D eigenvalue weighted by Crippen LogP contribution is 2.31. The Morgan fingerprint density at radius 3 is 2.41 bits per heavy atom. The lowest BCUT2D eigenvalue weighted by molar-refractivity contribution is -0.119. The van der Waals surface area contributed by atoms with E-state index in [2.05, 4.69) is 34.1 Å². The number of methoxy groups -OCH3 is 1. The molecule has 6 nitrogen and oxygen atoms in total. The summed E-state index contributed by atoms with van der Waals surface area (Å²) in [4.78, 5) is 20.6. The van der Waals surface area contributed by atoms with Crippen molar-refractivity contribution in [3.8, 4) is 17.0 Å². The number of ether oxygens (including phenoxy) is 1. The van der Waals surface area contributed by atoms with Gasteiger partial charge in [0.15, 0.2) is 0 Å². The first-order chi connectivity index (χ1) is 13.6. The maximum Gasteiger partial charge on any atom is 0.231 e. The number of hydrogen-bond acceptors (Lipinski definition) is 5. The minimum absolute atomic E-state index is 0. The van der Waals surface area contributed by atoms with Crippen LogP contribution in [0.5, 0.6) is 5.75 Å². The highest BCUT2D eigenvalue weighted by atomic mass is 16.5. The fraction of sp³-hybridized carbons (Fsp3) is 0.304. The van der Waals surface area contributed by atoms with E-state index in [1.165, 1.54) is 0 Å². The number of amides is 1. The number of nitrogens with zero attached hydrogens (tertiary/aromatic N) is 3. The number of aromatic nitrogens is 1. The van der Waals surface area contributed by atoms with E-state index in [9.17, 15) is 4.79 Å². The lowest BCUT2D eigenvalue weighted by Crippen LogP contribution is -2.49. The molecule has 0 spiro atoms. The van der Waals surface area contributed by atoms with Gasteiger partial charge in [0.05, 0.1) is 19.3 Å². The van der Waals surface area contributed by atoms with Crippen LogP contribution >= 0.6 is 0 Å². The number of carbonyl (C=O) groups is 1. The van der Waals surface area contributed by atoms with E-state index in [4.69, 9.17) is 15.5 Å². The molecule has 1 aliphatic heterocycles. The Hall–Kier alpha value is -3.12. The Morgan fingerprint density at radius 1 is 1.07 bits per heavy atom. The van der Waals surface area contributed by atoms with Gasteiger partial charge in [-0.25, -0.2) is 4.98 Å². The van der Waals surface area contributed by atoms with Crippen LogP contribution in [-0.2, 0) is 4.79 Å². The molecule has 1 amide bonds. The number of benzene rings is 2. The minimum Gasteiger partial charge on any atom is -0.497 e. The number of primary amides is 1. The van der Waals surface area contributed by atoms with Crippen molar-refractivity contribution >= 4 is 22.5 Å². The molecule has 0 saturated carbocycles. The molecular formula is C23H28N4O2. The monoisotopic (exact) mass is 392 g/mol. The molecule has 3 aromatic rings. The van der Waals surface area contributed by atoms with Gasteiger partial charge < -0.3 is 15.4 Å². The fourth-order valence-electron chi connectivity index (χ4n) is 3.67. The van der Waals surface area contributed by atoms with Gasteiger partial charge >= 0.3 is 0 Å². The number of pyridine rings is 1. The molecule has 29 heavy (non-hydrogen) atoms. The third-order valence-electron chi connectivity index (χ3n) is 5.16. The number of nitrogens with two attached hydrogens (primary N) is 1. The van der Waals surface area contributed by atoms with Crippen molar-refractivity contribution in [2.75, 3.05) is 44.7 Å². The summed E-state index contributed by atoms with van der Waals surface area (Å²) in [5, 5.41) is 2.31. The summed E-state index contributed by atoms with van der Waals surface area (Å²) >= 11 is 0. The van der Waals surface area contributed by atoms with E-state index < -0.39 is 0 Å². The molecule has 0 unspecified atom stereocenters. The second-order valence-electron chi connectivity index (χ2n) is 7.01. The topological polar surface area (TPSA) is 71.7 Å². The molecule has 0 atom stereocenters. The molecule has 0 aliphatic carbocycles. The normalized spacial score (nSPS) is 14.4. The van der Waals surface area contributed by atoms with Crippen LogP contribution in [0, 0.1) is 0 Å². The lowest BCUT2D eigenvalue weighted by Gasteiger charge is -2.35. The summed E-state index contributed by atoms with van der Waals surface area (Å²) < 4.78 is 5.27. The van der Waals surface area contributed by atoms with E-state index in [1.807, 2.05) is 30.3 Å². The molecule has 1 aliphatic rings. The van der Waals surface area contributed by atoms with Crippen molar-refractivity contribution in [1.82, 2.24) is 9.88 Å². The summed E-state index contributed by atoms with van der Waals surface area (Å²) in [5.74, 6) is 1.54. The van der Waals surface area contributed by atoms with Crippen LogP contribution in [0.1, 0.15) is 7.43 Å². The molecule has 2 heterocycles. The number of anilines is 1. The zero-order valence-corrected chi connectivity index (χ0v) is 16.0. The van der Waals surface area contributed by atoms with Crippen molar-refractivity contribution in [2.45, 2.75) is 7.43 Å². The molecule has 2 aromatic carbocycles. The van der Waals surface area contributed by atoms with Crippen LogP contribution in [0.25, 0.3) is 22.0 Å². The van der Waals surface area contributed by atoms with Crippen molar-refractivity contribution in [2.24, 2.45) is 5.73 Å². The van der Waals surface area contributed by atoms with E-state index in [0.29, 0.717) is 6.54 Å². The number of fused-ring (bicyclic) bond motifs is 1. The van der Waals surface area contributed by atoms with Gasteiger partial charge in [-0.15, -0.1) is 0 Å². The van der Waals surface area contributed by atoms with E-state index in [0.717, 1.165) is 59.8 Å². The molecule has 1 aromatic heterocycles. The van der Waals surface area contributed by atoms with Crippen LogP contribution in [0.3, 0.4) is 0 Å². The maximum atomic E-state index is 11.2. The molecule has 6 heteroatoms. The summed E-state index contributed by atoms with van der Waals surface area (Å²) in [6.45, 7) is 3.54. The second kappa shape index (κ2) is 8.92. The molecule has 2 N–H and O–H groups in total. The average Bonchev–Trinajstić information content (AvgIpc) is 2.73. The standard InChI is InChI=1S/C22H24N4O2.CH4/c1-28-18-8-6-16(7-9-18)20-14-17-4-2-3-5-19(17)22(24-20)26-12-10-25(11-13-26)15-21(23)27;/h2-9,14H,10-13,15H2,1H3,(H2,23,27);1H4. The molecule has 152 valence electrons. The van der Waals surface area contributed by atoms with E-state index in [1.54, 1.807) is 7.11 Å². The Bertz CT molecular complexity index is 980. The van der Waals surface area contributed by atoms with E-state index in [-0.39, 0.29) is 13.3 Å². The molecule has 1 saturated heterocycles. The van der Waals surface area contributed by atoms with Crippen molar-refractivity contribution < 1.29 is 9.53 Å². The zero-order chi connectivity index (χ0) is 19.5. The van der Waals surface area contributed by atoms with Gasteiger partial charge in [0.1, 0.15) is 11.6 Å². The predicted molar refractivity (Wildman–Crippen MR) is 118 cm³/mol. The van der Waals surface area contributed by atoms with Crippen LogP contribution in [0.2, 0.25) is 0 Å². The average molecular weight is 393 g/mol. The first-order valence-electron chi connectivity index (χ1n) is 9.44. The predicted octanol–water partition coefficient (Wildman–Crippen LogP) is 3.15. The SMILES string of the molecule is C.COc1ccc(-c2cc3ccccc3c(N3CCN(CC(N)=O)CC3)n2)cc1. The first kappa shape index (κ1) is 20.6. The van der Waals surface area contributed by atoms with Crippen molar-refractivity contribution in [3.05, 3.63) is 54.6 Å². The van der Waals surface area contributed by atoms with E-state index >= 15 is 0 Å². The van der Waals surface area contributed by atoms with Gasteiger partial charge in [0, 0.05) is 37.1 Å². The van der Waals surface area contributed by atoms with Gasteiger partial charge in [-0.3, -0.25) is 9.69 Å². The number of rotatable bonds is 5. The smallest absolute Gasteiger partial charge is 0.231 e. The Balaban J connectivity index is 0.00000240. The first-order valence-corrected chi connectivity index (χ1v) is 9.44. The molecule has 0 radical (unpaired) electrons. The minimum atomic E-state index is -0.279. The largest absolute Gasteiger partial charge is 0.497 e. The highest BCUT2D eigenvalue weighted by Gasteiger charge is 2.21. The molecule has 1 fully saturated rings. The van der Waals surface area contributed by atoms with Crippen LogP contribution in [0.4, 0.5) is 5.82 Å². The zero-order valence-electron chi connectivity index (χ0n) is 16.0. The second-order valence-corrected chi connectivity index (χ2v) is 7.01. The Labute approximate surface area is 171 Å². The summed E-state index contributed by atoms with van der Waals surface area (Å²) in [6, 6.07) is 18.4. The maximum absolute atomic E-state index is 11.2. The molecule has 0 bridgehead atoms. The Kier molecular flexibility index (Phi) is 6.34. The van der Waals surface area contributed by atoms with Gasteiger partial charge in [-0.2, -0.15) is 0 Å². The number of hydrogen-bond donors (Lipinski definition) is 1. The van der Waals surface area contributed by atoms with Crippen molar-refractivity contribution in [3.63, 3.8) is 0 Å². The Morgan fingerprint density at radius 2 is 1.76 bits per heavy atom. The lowest BCUT2D eigenvalue weighted by atomic mass is 10.1. The number of piperazine rings is 1. The van der Waals surface area contributed by atoms with Gasteiger partial charge in [-0.1, -0.05) is 31.7 Å². The summed E-state index contributed by atoms with van der Waals surface area (Å²) in [6.07, 6.45) is 0.